The SMILES string of the molecule is CCCOc1ccc(C2C3CN(C(=O)OC(C)(C)C)CC=C3C(C#N)=C(N)C2(C#N)C#N)cc1OC. The molecule has 0 radical (unpaired) electrons. The number of benzene rings is 1. The third-order valence-corrected chi connectivity index (χ3v) is 6.32. The highest BCUT2D eigenvalue weighted by Crippen LogP contribution is 2.55. The second-order valence-electron chi connectivity index (χ2n) is 9.82. The van der Waals surface area contributed by atoms with Crippen molar-refractivity contribution in [2.24, 2.45) is 17.1 Å². The molecule has 1 amide bonds. The molecule has 188 valence electrons. The van der Waals surface area contributed by atoms with Crippen LogP contribution in [0, 0.1) is 45.3 Å². The molecule has 0 aromatic heterocycles. The molecule has 9 nitrogen and oxygen atoms in total. The summed E-state index contributed by atoms with van der Waals surface area (Å²) in [5.74, 6) is -0.353. The zero-order valence-corrected chi connectivity index (χ0v) is 21.3. The molecule has 3 rings (SSSR count). The fraction of sp³-hybridized carbons (Fsp3) is 0.481. The maximum absolute atomic E-state index is 12.9. The van der Waals surface area contributed by atoms with Crippen LogP contribution in [0.2, 0.25) is 0 Å². The number of carbonyl (C=O) groups is 1. The topological polar surface area (TPSA) is 145 Å². The molecule has 0 spiro atoms. The number of hydrogen-bond donors (Lipinski definition) is 1. The largest absolute Gasteiger partial charge is 0.493 e. The quantitative estimate of drug-likeness (QED) is 0.649. The number of allylic oxidation sites excluding steroid dienone is 2. The summed E-state index contributed by atoms with van der Waals surface area (Å²) < 4.78 is 16.9. The van der Waals surface area contributed by atoms with Crippen LogP contribution < -0.4 is 15.2 Å². The van der Waals surface area contributed by atoms with Gasteiger partial charge in [0.2, 0.25) is 0 Å². The van der Waals surface area contributed by atoms with Crippen LogP contribution in [-0.4, -0.2) is 43.4 Å². The molecule has 1 aromatic carbocycles. The van der Waals surface area contributed by atoms with Gasteiger partial charge in [-0.15, -0.1) is 0 Å². The van der Waals surface area contributed by atoms with E-state index < -0.39 is 28.9 Å². The Labute approximate surface area is 211 Å². The summed E-state index contributed by atoms with van der Waals surface area (Å²) in [5, 5.41) is 30.5. The first-order chi connectivity index (χ1) is 17.1. The lowest BCUT2D eigenvalue weighted by atomic mass is 9.58. The van der Waals surface area contributed by atoms with E-state index in [-0.39, 0.29) is 24.4 Å². The van der Waals surface area contributed by atoms with Gasteiger partial charge in [0.15, 0.2) is 16.9 Å². The molecule has 1 aliphatic heterocycles. The predicted molar refractivity (Wildman–Crippen MR) is 131 cm³/mol. The average Bonchev–Trinajstić information content (AvgIpc) is 2.85. The van der Waals surface area contributed by atoms with E-state index in [1.807, 2.05) is 6.92 Å². The lowest BCUT2D eigenvalue weighted by Crippen LogP contribution is -2.50. The number of ether oxygens (including phenoxy) is 3. The summed E-state index contributed by atoms with van der Waals surface area (Å²) in [5.41, 5.74) is 5.10. The van der Waals surface area contributed by atoms with Gasteiger partial charge in [-0.2, -0.15) is 15.8 Å². The smallest absolute Gasteiger partial charge is 0.410 e. The van der Waals surface area contributed by atoms with Gasteiger partial charge in [-0.25, -0.2) is 4.79 Å². The van der Waals surface area contributed by atoms with Crippen molar-refractivity contribution in [2.45, 2.75) is 45.6 Å². The fourth-order valence-electron chi connectivity index (χ4n) is 4.74. The van der Waals surface area contributed by atoms with Crippen molar-refractivity contribution in [3.63, 3.8) is 0 Å². The molecule has 0 saturated heterocycles. The van der Waals surface area contributed by atoms with Crippen LogP contribution in [0.5, 0.6) is 11.5 Å². The summed E-state index contributed by atoms with van der Waals surface area (Å²) in [6.07, 6.45) is 2.05. The summed E-state index contributed by atoms with van der Waals surface area (Å²) in [4.78, 5) is 14.4. The Balaban J connectivity index is 2.19. The number of nitriles is 3. The Morgan fingerprint density at radius 1 is 1.22 bits per heavy atom. The van der Waals surface area contributed by atoms with Gasteiger partial charge < -0.3 is 24.8 Å². The lowest BCUT2D eigenvalue weighted by molar-refractivity contribution is 0.0224. The Morgan fingerprint density at radius 2 is 1.92 bits per heavy atom. The number of carbonyl (C=O) groups excluding carboxylic acids is 1. The van der Waals surface area contributed by atoms with E-state index in [1.54, 1.807) is 45.0 Å². The fourth-order valence-corrected chi connectivity index (χ4v) is 4.74. The van der Waals surface area contributed by atoms with E-state index in [0.717, 1.165) is 6.42 Å². The molecule has 2 N–H and O–H groups in total. The Morgan fingerprint density at radius 3 is 2.47 bits per heavy atom. The van der Waals surface area contributed by atoms with Crippen LogP contribution >= 0.6 is 0 Å². The van der Waals surface area contributed by atoms with Crippen LogP contribution in [0.15, 0.2) is 41.1 Å². The molecule has 2 unspecified atom stereocenters. The first-order valence-corrected chi connectivity index (χ1v) is 11.8. The van der Waals surface area contributed by atoms with Crippen LogP contribution in [-0.2, 0) is 4.74 Å². The number of rotatable bonds is 5. The van der Waals surface area contributed by atoms with Gasteiger partial charge in [-0.05, 0) is 50.5 Å². The van der Waals surface area contributed by atoms with Gasteiger partial charge in [-0.1, -0.05) is 19.1 Å². The highest BCUT2D eigenvalue weighted by Gasteiger charge is 2.55. The number of nitrogens with two attached hydrogens (primary N) is 1. The van der Waals surface area contributed by atoms with E-state index in [9.17, 15) is 20.6 Å². The molecule has 1 heterocycles. The first kappa shape index (κ1) is 26.4. The Kier molecular flexibility index (Phi) is 7.51. The number of amides is 1. The maximum Gasteiger partial charge on any atom is 0.410 e. The standard InChI is InChI=1S/C27H31N5O4/c1-6-11-35-21-8-7-17(12-22(21)34-5)23-20-14-32(25(33)36-26(2,3)4)10-9-18(20)19(13-28)24(31)27(23,15-29)16-30/h7-9,12,20,23H,6,10-11,14,31H2,1-5H3. The monoisotopic (exact) mass is 489 g/mol. The lowest BCUT2D eigenvalue weighted by Gasteiger charge is -2.45. The minimum absolute atomic E-state index is 0.0847. The molecule has 1 aliphatic carbocycles. The van der Waals surface area contributed by atoms with Crippen LogP contribution in [0.1, 0.15) is 45.6 Å². The first-order valence-electron chi connectivity index (χ1n) is 11.8. The van der Waals surface area contributed by atoms with Crippen molar-refractivity contribution in [1.82, 2.24) is 4.90 Å². The third kappa shape index (κ3) is 4.68. The van der Waals surface area contributed by atoms with E-state index in [0.29, 0.717) is 29.2 Å². The van der Waals surface area contributed by atoms with Gasteiger partial charge in [-0.3, -0.25) is 0 Å². The van der Waals surface area contributed by atoms with Crippen molar-refractivity contribution in [3.8, 4) is 29.7 Å². The van der Waals surface area contributed by atoms with Gasteiger partial charge in [0, 0.05) is 24.9 Å². The highest BCUT2D eigenvalue weighted by molar-refractivity contribution is 5.70. The van der Waals surface area contributed by atoms with Crippen LogP contribution in [0.3, 0.4) is 0 Å². The van der Waals surface area contributed by atoms with E-state index in [1.165, 1.54) is 12.0 Å². The molecule has 0 fully saturated rings. The number of nitrogens with zero attached hydrogens (tertiary/aromatic N) is 4. The summed E-state index contributed by atoms with van der Waals surface area (Å²) >= 11 is 0. The summed E-state index contributed by atoms with van der Waals surface area (Å²) in [6, 6.07) is 11.5. The molecular formula is C27H31N5O4. The number of hydrogen-bond acceptors (Lipinski definition) is 8. The zero-order chi connectivity index (χ0) is 26.7. The highest BCUT2D eigenvalue weighted by atomic mass is 16.6. The Bertz CT molecular complexity index is 1210. The second kappa shape index (κ2) is 10.2. The molecule has 0 bridgehead atoms. The molecule has 9 heteroatoms. The van der Waals surface area contributed by atoms with Crippen molar-refractivity contribution in [3.05, 3.63) is 46.7 Å². The third-order valence-electron chi connectivity index (χ3n) is 6.32. The average molecular weight is 490 g/mol. The number of fused-ring (bicyclic) bond motifs is 1. The molecule has 0 saturated carbocycles. The van der Waals surface area contributed by atoms with E-state index in [2.05, 4.69) is 18.2 Å². The van der Waals surface area contributed by atoms with Gasteiger partial charge >= 0.3 is 6.09 Å². The minimum Gasteiger partial charge on any atom is -0.493 e. The molecule has 2 aliphatic rings. The zero-order valence-electron chi connectivity index (χ0n) is 21.3. The van der Waals surface area contributed by atoms with Crippen LogP contribution in [0.25, 0.3) is 0 Å². The normalized spacial score (nSPS) is 20.7. The van der Waals surface area contributed by atoms with Gasteiger partial charge in [0.1, 0.15) is 11.7 Å². The minimum atomic E-state index is -1.83. The molecule has 36 heavy (non-hydrogen) atoms. The van der Waals surface area contributed by atoms with Crippen molar-refractivity contribution in [1.29, 1.82) is 15.8 Å². The van der Waals surface area contributed by atoms with E-state index >= 15 is 0 Å². The van der Waals surface area contributed by atoms with Gasteiger partial charge in [0.05, 0.1) is 37.1 Å². The maximum atomic E-state index is 12.9. The Hall–Kier alpha value is -4.16. The molecular weight excluding hydrogens is 458 g/mol. The van der Waals surface area contributed by atoms with E-state index in [4.69, 9.17) is 19.9 Å². The predicted octanol–water partition coefficient (Wildman–Crippen LogP) is 4.14. The van der Waals surface area contributed by atoms with Crippen LogP contribution in [0.4, 0.5) is 4.79 Å². The summed E-state index contributed by atoms with van der Waals surface area (Å²) in [7, 11) is 1.51. The van der Waals surface area contributed by atoms with Gasteiger partial charge in [0.25, 0.3) is 0 Å². The molecule has 2 atom stereocenters. The second-order valence-corrected chi connectivity index (χ2v) is 9.82. The van der Waals surface area contributed by atoms with Crippen molar-refractivity contribution < 1.29 is 19.0 Å². The summed E-state index contributed by atoms with van der Waals surface area (Å²) in [6.45, 7) is 8.19. The number of methoxy groups -OCH3 is 1. The van der Waals surface area contributed by atoms with Crippen molar-refractivity contribution in [2.75, 3.05) is 26.8 Å². The van der Waals surface area contributed by atoms with Crippen molar-refractivity contribution >= 4 is 6.09 Å². The molecule has 1 aromatic rings.